The minimum absolute atomic E-state index is 0.192. The second-order valence-corrected chi connectivity index (χ2v) is 5.75. The molecule has 1 aromatic carbocycles. The van der Waals surface area contributed by atoms with Gasteiger partial charge in [0.15, 0.2) is 11.8 Å². The van der Waals surface area contributed by atoms with Gasteiger partial charge in [0.25, 0.3) is 5.89 Å². The minimum Gasteiger partial charge on any atom is -0.356 e. The van der Waals surface area contributed by atoms with Gasteiger partial charge in [-0.2, -0.15) is 4.98 Å². The lowest BCUT2D eigenvalue weighted by molar-refractivity contribution is 0.421. The third kappa shape index (κ3) is 5.34. The summed E-state index contributed by atoms with van der Waals surface area (Å²) in [4.78, 5) is 12.7. The third-order valence-electron chi connectivity index (χ3n) is 3.86. The molecule has 0 spiro atoms. The number of nitrogens with zero attached hydrogens (tertiary/aromatic N) is 4. The number of aromatic nitrogens is 3. The zero-order chi connectivity index (χ0) is 18.9. The van der Waals surface area contributed by atoms with Crippen molar-refractivity contribution in [2.75, 3.05) is 20.1 Å². The molecule has 27 heavy (non-hydrogen) atoms. The van der Waals surface area contributed by atoms with Crippen LogP contribution in [0.5, 0.6) is 0 Å². The Morgan fingerprint density at radius 3 is 2.59 bits per heavy atom. The van der Waals surface area contributed by atoms with E-state index in [4.69, 9.17) is 4.52 Å². The monoisotopic (exact) mass is 368 g/mol. The van der Waals surface area contributed by atoms with E-state index >= 15 is 0 Å². The van der Waals surface area contributed by atoms with Crippen LogP contribution in [0.25, 0.3) is 11.6 Å². The molecule has 3 rings (SSSR count). The van der Waals surface area contributed by atoms with Crippen LogP contribution >= 0.6 is 0 Å². The van der Waals surface area contributed by atoms with Crippen LogP contribution in [0.1, 0.15) is 11.4 Å². The van der Waals surface area contributed by atoms with E-state index in [1.807, 2.05) is 24.3 Å². The summed E-state index contributed by atoms with van der Waals surface area (Å²) in [5.74, 6) is 1.44. The largest absolute Gasteiger partial charge is 0.356 e. The molecular formula is C19H21FN6O. The van der Waals surface area contributed by atoms with Crippen LogP contribution in [0.2, 0.25) is 0 Å². The predicted molar refractivity (Wildman–Crippen MR) is 101 cm³/mol. The molecule has 3 aromatic rings. The summed E-state index contributed by atoms with van der Waals surface area (Å²) in [7, 11) is 1.69. The molecule has 0 saturated carbocycles. The molecule has 7 nitrogen and oxygen atoms in total. The van der Waals surface area contributed by atoms with Crippen molar-refractivity contribution < 1.29 is 8.91 Å². The molecule has 2 N–H and O–H groups in total. The zero-order valence-corrected chi connectivity index (χ0v) is 15.0. The number of hydrogen-bond acceptors (Lipinski definition) is 5. The molecule has 140 valence electrons. The molecule has 0 aliphatic heterocycles. The predicted octanol–water partition coefficient (Wildman–Crippen LogP) is 2.22. The number of hydrogen-bond donors (Lipinski definition) is 2. The Morgan fingerprint density at radius 1 is 1.07 bits per heavy atom. The van der Waals surface area contributed by atoms with E-state index in [2.05, 4.69) is 30.8 Å². The molecule has 0 unspecified atom stereocenters. The highest BCUT2D eigenvalue weighted by molar-refractivity contribution is 5.79. The third-order valence-corrected chi connectivity index (χ3v) is 3.86. The Kier molecular flexibility index (Phi) is 6.45. The highest BCUT2D eigenvalue weighted by Crippen LogP contribution is 2.13. The van der Waals surface area contributed by atoms with E-state index in [9.17, 15) is 4.39 Å². The van der Waals surface area contributed by atoms with Crippen LogP contribution in [0, 0.1) is 5.82 Å². The quantitative estimate of drug-likeness (QED) is 0.491. The number of halogens is 1. The summed E-state index contributed by atoms with van der Waals surface area (Å²) >= 11 is 0. The average molecular weight is 368 g/mol. The van der Waals surface area contributed by atoms with Crippen LogP contribution in [-0.4, -0.2) is 41.2 Å². The summed E-state index contributed by atoms with van der Waals surface area (Å²) < 4.78 is 18.8. The van der Waals surface area contributed by atoms with E-state index in [1.54, 1.807) is 25.4 Å². The molecule has 8 heteroatoms. The van der Waals surface area contributed by atoms with Gasteiger partial charge in [-0.1, -0.05) is 29.4 Å². The Labute approximate surface area is 156 Å². The van der Waals surface area contributed by atoms with Crippen LogP contribution < -0.4 is 10.6 Å². The molecule has 0 aliphatic carbocycles. The number of pyridine rings is 1. The first-order valence-corrected chi connectivity index (χ1v) is 8.68. The molecule has 0 saturated heterocycles. The number of benzene rings is 1. The van der Waals surface area contributed by atoms with Crippen LogP contribution in [0.15, 0.2) is 58.2 Å². The topological polar surface area (TPSA) is 88.2 Å². The molecule has 2 heterocycles. The van der Waals surface area contributed by atoms with Crippen molar-refractivity contribution >= 4 is 5.96 Å². The van der Waals surface area contributed by atoms with Crippen molar-refractivity contribution in [2.24, 2.45) is 4.99 Å². The maximum absolute atomic E-state index is 13.6. The van der Waals surface area contributed by atoms with E-state index in [0.717, 1.165) is 0 Å². The first kappa shape index (κ1) is 18.5. The maximum atomic E-state index is 13.6. The van der Waals surface area contributed by atoms with Gasteiger partial charge in [0, 0.05) is 32.8 Å². The van der Waals surface area contributed by atoms with Crippen molar-refractivity contribution in [2.45, 2.75) is 12.8 Å². The molecular weight excluding hydrogens is 347 g/mol. The van der Waals surface area contributed by atoms with Gasteiger partial charge < -0.3 is 15.2 Å². The molecule has 0 bridgehead atoms. The molecule has 2 aromatic heterocycles. The van der Waals surface area contributed by atoms with Crippen LogP contribution in [0.4, 0.5) is 4.39 Å². The Morgan fingerprint density at radius 2 is 1.85 bits per heavy atom. The summed E-state index contributed by atoms with van der Waals surface area (Å²) in [6.45, 7) is 1.16. The van der Waals surface area contributed by atoms with E-state index in [0.29, 0.717) is 54.9 Å². The molecule has 0 atom stereocenters. The minimum atomic E-state index is -0.192. The Hall–Kier alpha value is -3.29. The maximum Gasteiger partial charge on any atom is 0.276 e. The molecule has 0 amide bonds. The number of aliphatic imine (C=N–C) groups is 1. The van der Waals surface area contributed by atoms with E-state index in [-0.39, 0.29) is 5.82 Å². The highest BCUT2D eigenvalue weighted by atomic mass is 19.1. The second kappa shape index (κ2) is 9.42. The first-order valence-electron chi connectivity index (χ1n) is 8.68. The van der Waals surface area contributed by atoms with Crippen LogP contribution in [-0.2, 0) is 12.8 Å². The normalized spacial score (nSPS) is 11.4. The summed E-state index contributed by atoms with van der Waals surface area (Å²) in [5.41, 5.74) is 1.32. The van der Waals surface area contributed by atoms with Gasteiger partial charge in [-0.25, -0.2) is 4.39 Å². The van der Waals surface area contributed by atoms with Gasteiger partial charge >= 0.3 is 0 Å². The van der Waals surface area contributed by atoms with Gasteiger partial charge in [-0.3, -0.25) is 9.98 Å². The fraction of sp³-hybridized carbons (Fsp3) is 0.263. The van der Waals surface area contributed by atoms with Crippen molar-refractivity contribution in [1.82, 2.24) is 25.8 Å². The second-order valence-electron chi connectivity index (χ2n) is 5.75. The van der Waals surface area contributed by atoms with Gasteiger partial charge in [0.05, 0.1) is 0 Å². The lowest BCUT2D eigenvalue weighted by Crippen LogP contribution is -2.39. The smallest absolute Gasteiger partial charge is 0.276 e. The SMILES string of the molecule is CN=C(NCCc1noc(-c2ccccn2)n1)NCCc1ccccc1F. The molecule has 0 fully saturated rings. The van der Waals surface area contributed by atoms with E-state index < -0.39 is 0 Å². The lowest BCUT2D eigenvalue weighted by Gasteiger charge is -2.11. The summed E-state index contributed by atoms with van der Waals surface area (Å²) in [6.07, 6.45) is 2.83. The standard InChI is InChI=1S/C19H21FN6O/c1-21-19(23-12-9-14-6-2-3-7-15(14)20)24-13-10-17-25-18(27-26-17)16-8-4-5-11-22-16/h2-8,11H,9-10,12-13H2,1H3,(H2,21,23,24). The number of guanidine groups is 1. The number of nitrogens with one attached hydrogen (secondary N) is 2. The Balaban J connectivity index is 1.42. The van der Waals surface area contributed by atoms with Crippen molar-refractivity contribution in [3.8, 4) is 11.6 Å². The Bertz CT molecular complexity index is 881. The first-order chi connectivity index (χ1) is 13.3. The van der Waals surface area contributed by atoms with Gasteiger partial charge in [0.1, 0.15) is 11.5 Å². The number of rotatable bonds is 7. The fourth-order valence-corrected chi connectivity index (χ4v) is 2.48. The van der Waals surface area contributed by atoms with Gasteiger partial charge in [-0.15, -0.1) is 0 Å². The van der Waals surface area contributed by atoms with Crippen LogP contribution in [0.3, 0.4) is 0 Å². The van der Waals surface area contributed by atoms with Crippen molar-refractivity contribution in [1.29, 1.82) is 0 Å². The van der Waals surface area contributed by atoms with Crippen molar-refractivity contribution in [3.05, 3.63) is 65.9 Å². The van der Waals surface area contributed by atoms with Gasteiger partial charge in [-0.05, 0) is 30.2 Å². The highest BCUT2D eigenvalue weighted by Gasteiger charge is 2.09. The fourth-order valence-electron chi connectivity index (χ4n) is 2.48. The molecule has 0 aliphatic rings. The van der Waals surface area contributed by atoms with Crippen molar-refractivity contribution in [3.63, 3.8) is 0 Å². The lowest BCUT2D eigenvalue weighted by atomic mass is 10.1. The van der Waals surface area contributed by atoms with Gasteiger partial charge in [0.2, 0.25) is 0 Å². The summed E-state index contributed by atoms with van der Waals surface area (Å²) in [5, 5.41) is 10.3. The molecule has 0 radical (unpaired) electrons. The van der Waals surface area contributed by atoms with E-state index in [1.165, 1.54) is 6.07 Å². The summed E-state index contributed by atoms with van der Waals surface area (Å²) in [6, 6.07) is 12.3. The average Bonchev–Trinajstić information content (AvgIpc) is 3.18. The zero-order valence-electron chi connectivity index (χ0n) is 15.0.